The number of aromatic nitrogens is 2. The number of aryl methyl sites for hydroxylation is 1. The maximum absolute atomic E-state index is 12.9. The lowest BCUT2D eigenvalue weighted by Gasteiger charge is -2.14. The summed E-state index contributed by atoms with van der Waals surface area (Å²) in [5.41, 5.74) is 0.466. The van der Waals surface area contributed by atoms with Crippen LogP contribution in [0.25, 0.3) is 10.8 Å². The van der Waals surface area contributed by atoms with Crippen LogP contribution in [0.1, 0.15) is 11.7 Å². The summed E-state index contributed by atoms with van der Waals surface area (Å²) in [6, 6.07) is 13.9. The molecule has 1 aliphatic heterocycles. The number of nitrogens with zero attached hydrogens (tertiary/aromatic N) is 2. The van der Waals surface area contributed by atoms with Crippen molar-refractivity contribution >= 4 is 32.4 Å². The zero-order valence-electron chi connectivity index (χ0n) is 13.5. The van der Waals surface area contributed by atoms with Crippen LogP contribution in [-0.2, 0) is 9.84 Å². The molecule has 0 saturated carbocycles. The molecule has 0 unspecified atom stereocenters. The molecule has 4 rings (SSSR count). The van der Waals surface area contributed by atoms with Crippen LogP contribution < -0.4 is 5.56 Å². The molecular formula is C18H16N2O3S2. The molecule has 0 radical (unpaired) electrons. The fourth-order valence-electron chi connectivity index (χ4n) is 3.10. The number of sulfone groups is 1. The van der Waals surface area contributed by atoms with Crippen LogP contribution in [0.5, 0.6) is 0 Å². The number of rotatable bonds is 3. The van der Waals surface area contributed by atoms with E-state index in [4.69, 9.17) is 0 Å². The average Bonchev–Trinajstić information content (AvgIpc) is 2.96. The van der Waals surface area contributed by atoms with E-state index in [0.29, 0.717) is 16.6 Å². The summed E-state index contributed by atoms with van der Waals surface area (Å²) in [7, 11) is -3.51. The Morgan fingerprint density at radius 2 is 1.92 bits per heavy atom. The molecular weight excluding hydrogens is 356 g/mol. The third kappa shape index (κ3) is 2.98. The molecule has 0 fully saturated rings. The molecule has 2 aromatic carbocycles. The van der Waals surface area contributed by atoms with Crippen molar-refractivity contribution < 1.29 is 8.42 Å². The van der Waals surface area contributed by atoms with Crippen molar-refractivity contribution in [2.75, 3.05) is 11.5 Å². The minimum atomic E-state index is -3.51. The maximum atomic E-state index is 12.9. The van der Waals surface area contributed by atoms with E-state index >= 15 is 0 Å². The van der Waals surface area contributed by atoms with Crippen molar-refractivity contribution in [2.45, 2.75) is 23.0 Å². The van der Waals surface area contributed by atoms with Crippen LogP contribution in [0.2, 0.25) is 0 Å². The van der Waals surface area contributed by atoms with Gasteiger partial charge in [0, 0.05) is 17.5 Å². The molecule has 0 amide bonds. The highest BCUT2D eigenvalue weighted by Crippen LogP contribution is 2.32. The molecule has 2 heterocycles. The molecule has 0 aliphatic carbocycles. The topological polar surface area (TPSA) is 69.0 Å². The smallest absolute Gasteiger partial charge is 0.254 e. The second kappa shape index (κ2) is 6.00. The third-order valence-corrected chi connectivity index (χ3v) is 7.20. The van der Waals surface area contributed by atoms with E-state index in [0.717, 1.165) is 10.8 Å². The predicted molar refractivity (Wildman–Crippen MR) is 99.0 cm³/mol. The van der Waals surface area contributed by atoms with E-state index in [2.05, 4.69) is 4.98 Å². The average molecular weight is 372 g/mol. The largest absolute Gasteiger partial charge is 0.283 e. The van der Waals surface area contributed by atoms with Crippen LogP contribution in [0.3, 0.4) is 0 Å². The van der Waals surface area contributed by atoms with Gasteiger partial charge in [-0.15, -0.1) is 0 Å². The molecule has 7 heteroatoms. The summed E-state index contributed by atoms with van der Waals surface area (Å²) in [5.74, 6) is 0.439. The van der Waals surface area contributed by atoms with Gasteiger partial charge in [-0.2, -0.15) is 0 Å². The quantitative estimate of drug-likeness (QED) is 0.661. The van der Waals surface area contributed by atoms with Crippen molar-refractivity contribution in [3.05, 3.63) is 64.6 Å². The van der Waals surface area contributed by atoms with Crippen LogP contribution in [0.15, 0.2) is 63.4 Å². The molecule has 1 atom stereocenters. The van der Waals surface area contributed by atoms with E-state index in [9.17, 15) is 13.2 Å². The van der Waals surface area contributed by atoms with Crippen LogP contribution in [0.4, 0.5) is 0 Å². The SMILES string of the molecule is Cc1cc(=O)n2c(n1)SC[C@H]2CS(=O)(=O)c1ccc2ccccc2c1. The van der Waals surface area contributed by atoms with Gasteiger partial charge in [0.2, 0.25) is 0 Å². The van der Waals surface area contributed by atoms with Gasteiger partial charge >= 0.3 is 0 Å². The van der Waals surface area contributed by atoms with Crippen LogP contribution >= 0.6 is 11.8 Å². The van der Waals surface area contributed by atoms with Crippen molar-refractivity contribution in [1.82, 2.24) is 9.55 Å². The Kier molecular flexibility index (Phi) is 3.92. The lowest BCUT2D eigenvalue weighted by molar-refractivity contribution is 0.525. The highest BCUT2D eigenvalue weighted by molar-refractivity contribution is 7.99. The molecule has 3 aromatic rings. The number of thioether (sulfide) groups is 1. The van der Waals surface area contributed by atoms with Crippen molar-refractivity contribution in [1.29, 1.82) is 0 Å². The molecule has 5 nitrogen and oxygen atoms in total. The van der Waals surface area contributed by atoms with Gasteiger partial charge in [-0.05, 0) is 29.8 Å². The van der Waals surface area contributed by atoms with Gasteiger partial charge in [-0.3, -0.25) is 9.36 Å². The first-order chi connectivity index (χ1) is 11.9. The Morgan fingerprint density at radius 3 is 2.72 bits per heavy atom. The Labute approximate surface area is 149 Å². The van der Waals surface area contributed by atoms with Gasteiger partial charge in [0.1, 0.15) is 0 Å². The molecule has 1 aliphatic rings. The zero-order chi connectivity index (χ0) is 17.6. The lowest BCUT2D eigenvalue weighted by atomic mass is 10.1. The number of fused-ring (bicyclic) bond motifs is 2. The molecule has 0 N–H and O–H groups in total. The zero-order valence-corrected chi connectivity index (χ0v) is 15.2. The summed E-state index contributed by atoms with van der Waals surface area (Å²) in [6.07, 6.45) is 0. The molecule has 1 aromatic heterocycles. The second-order valence-corrected chi connectivity index (χ2v) is 9.16. The van der Waals surface area contributed by atoms with Gasteiger partial charge in [-0.25, -0.2) is 13.4 Å². The van der Waals surface area contributed by atoms with Crippen molar-refractivity contribution in [3.8, 4) is 0 Å². The fraction of sp³-hybridized carbons (Fsp3) is 0.222. The van der Waals surface area contributed by atoms with E-state index in [1.807, 2.05) is 30.3 Å². The third-order valence-electron chi connectivity index (χ3n) is 4.31. The first kappa shape index (κ1) is 16.4. The Bertz CT molecular complexity index is 1140. The van der Waals surface area contributed by atoms with Gasteiger partial charge in [0.15, 0.2) is 15.0 Å². The number of hydrogen-bond donors (Lipinski definition) is 0. The minimum absolute atomic E-state index is 0.101. The normalized spacial score (nSPS) is 16.9. The van der Waals surface area contributed by atoms with E-state index in [1.165, 1.54) is 22.4 Å². The molecule has 25 heavy (non-hydrogen) atoms. The Hall–Kier alpha value is -2.12. The van der Waals surface area contributed by atoms with Crippen molar-refractivity contribution in [2.24, 2.45) is 0 Å². The maximum Gasteiger partial charge on any atom is 0.254 e. The highest BCUT2D eigenvalue weighted by atomic mass is 32.2. The van der Waals surface area contributed by atoms with Gasteiger partial charge in [-0.1, -0.05) is 42.1 Å². The Morgan fingerprint density at radius 1 is 1.16 bits per heavy atom. The highest BCUT2D eigenvalue weighted by Gasteiger charge is 2.30. The molecule has 128 valence electrons. The summed E-state index contributed by atoms with van der Waals surface area (Å²) in [4.78, 5) is 16.9. The first-order valence-corrected chi connectivity index (χ1v) is 10.5. The van der Waals surface area contributed by atoms with Crippen LogP contribution in [0, 0.1) is 6.92 Å². The van der Waals surface area contributed by atoms with Gasteiger partial charge < -0.3 is 0 Å². The molecule has 0 bridgehead atoms. The van der Waals surface area contributed by atoms with Crippen LogP contribution in [-0.4, -0.2) is 29.5 Å². The van der Waals surface area contributed by atoms with Crippen molar-refractivity contribution in [3.63, 3.8) is 0 Å². The summed E-state index contributed by atoms with van der Waals surface area (Å²) >= 11 is 1.43. The standard InChI is InChI=1S/C18H16N2O3S2/c1-12-8-17(21)20-15(10-24-18(20)19-12)11-25(22,23)16-7-6-13-4-2-3-5-14(13)9-16/h2-9,15H,10-11H2,1H3/t15-/m0/s1. The van der Waals surface area contributed by atoms with Gasteiger partial charge in [0.05, 0.1) is 16.7 Å². The number of benzene rings is 2. The van der Waals surface area contributed by atoms with E-state index < -0.39 is 15.9 Å². The van der Waals surface area contributed by atoms with Gasteiger partial charge in [0.25, 0.3) is 5.56 Å². The lowest BCUT2D eigenvalue weighted by Crippen LogP contribution is -2.29. The Balaban J connectivity index is 1.70. The number of hydrogen-bond acceptors (Lipinski definition) is 5. The van der Waals surface area contributed by atoms with E-state index in [-0.39, 0.29) is 16.2 Å². The molecule has 0 spiro atoms. The summed E-state index contributed by atoms with van der Waals surface area (Å²) < 4.78 is 27.3. The summed E-state index contributed by atoms with van der Waals surface area (Å²) in [6.45, 7) is 1.77. The van der Waals surface area contributed by atoms with E-state index in [1.54, 1.807) is 19.1 Å². The first-order valence-electron chi connectivity index (χ1n) is 7.88. The summed E-state index contributed by atoms with van der Waals surface area (Å²) in [5, 5.41) is 2.49. The minimum Gasteiger partial charge on any atom is -0.283 e. The molecule has 0 saturated heterocycles. The second-order valence-electron chi connectivity index (χ2n) is 6.14. The fourth-order valence-corrected chi connectivity index (χ4v) is 5.99. The predicted octanol–water partition coefficient (Wildman–Crippen LogP) is 2.83. The monoisotopic (exact) mass is 372 g/mol.